The second-order valence-corrected chi connectivity index (χ2v) is 8.31. The third kappa shape index (κ3) is 6.96. The van der Waals surface area contributed by atoms with Gasteiger partial charge in [-0.05, 0) is 47.5 Å². The van der Waals surface area contributed by atoms with Crippen LogP contribution in [0.5, 0.6) is 28.7 Å². The molecule has 0 radical (unpaired) electrons. The van der Waals surface area contributed by atoms with Crippen molar-refractivity contribution in [3.63, 3.8) is 0 Å². The largest absolute Gasteiger partial charge is 0.493 e. The molecule has 4 rings (SSSR count). The number of nitrogens with zero attached hydrogens (tertiary/aromatic N) is 1. The first-order valence-electron chi connectivity index (χ1n) is 12.2. The molecule has 0 aliphatic heterocycles. The normalized spacial score (nSPS) is 10.6. The SMILES string of the molecule is COc1cc(C(=O)Oc2ccccc2C=NNC(=O)COc2ccc(-c3ccccc3)cc2)cc(OC)c1OC. The minimum atomic E-state index is -0.643. The Morgan fingerprint density at radius 3 is 2.02 bits per heavy atom. The number of carbonyl (C=O) groups excluding carboxylic acids is 2. The molecule has 1 N–H and O–H groups in total. The van der Waals surface area contributed by atoms with E-state index in [4.69, 9.17) is 23.7 Å². The van der Waals surface area contributed by atoms with Crippen LogP contribution in [0.4, 0.5) is 0 Å². The summed E-state index contributed by atoms with van der Waals surface area (Å²) in [5.74, 6) is 0.711. The molecule has 0 bridgehead atoms. The minimum Gasteiger partial charge on any atom is -0.493 e. The van der Waals surface area contributed by atoms with Crippen LogP contribution in [0.3, 0.4) is 0 Å². The number of carbonyl (C=O) groups is 2. The van der Waals surface area contributed by atoms with Gasteiger partial charge < -0.3 is 23.7 Å². The lowest BCUT2D eigenvalue weighted by atomic mass is 10.1. The Morgan fingerprint density at radius 2 is 1.38 bits per heavy atom. The number of nitrogens with one attached hydrogen (secondary N) is 1. The van der Waals surface area contributed by atoms with Crippen molar-refractivity contribution in [2.45, 2.75) is 0 Å². The van der Waals surface area contributed by atoms with Crippen molar-refractivity contribution in [2.24, 2.45) is 5.10 Å². The van der Waals surface area contributed by atoms with Crippen molar-refractivity contribution in [3.8, 4) is 39.9 Å². The first-order chi connectivity index (χ1) is 19.5. The third-order valence-electron chi connectivity index (χ3n) is 5.75. The van der Waals surface area contributed by atoms with E-state index >= 15 is 0 Å². The Hall–Kier alpha value is -5.31. The van der Waals surface area contributed by atoms with Gasteiger partial charge in [-0.1, -0.05) is 54.6 Å². The van der Waals surface area contributed by atoms with Crippen LogP contribution < -0.4 is 29.1 Å². The van der Waals surface area contributed by atoms with Crippen LogP contribution >= 0.6 is 0 Å². The molecule has 4 aromatic carbocycles. The second-order valence-electron chi connectivity index (χ2n) is 8.31. The van der Waals surface area contributed by atoms with Crippen molar-refractivity contribution in [1.82, 2.24) is 5.43 Å². The maximum atomic E-state index is 12.9. The van der Waals surface area contributed by atoms with Crippen LogP contribution in [-0.2, 0) is 4.79 Å². The molecule has 0 fully saturated rings. The number of hydrazone groups is 1. The van der Waals surface area contributed by atoms with Crippen LogP contribution in [-0.4, -0.2) is 46.0 Å². The fraction of sp³-hybridized carbons (Fsp3) is 0.129. The van der Waals surface area contributed by atoms with Gasteiger partial charge in [-0.15, -0.1) is 0 Å². The number of benzene rings is 4. The number of esters is 1. The molecule has 0 unspecified atom stereocenters. The fourth-order valence-electron chi connectivity index (χ4n) is 3.77. The van der Waals surface area contributed by atoms with Crippen molar-refractivity contribution in [2.75, 3.05) is 27.9 Å². The number of hydrogen-bond acceptors (Lipinski definition) is 8. The van der Waals surface area contributed by atoms with Gasteiger partial charge in [0.15, 0.2) is 18.1 Å². The van der Waals surface area contributed by atoms with E-state index in [1.807, 2.05) is 42.5 Å². The molecular formula is C31H28N2O7. The molecule has 0 atom stereocenters. The predicted octanol–water partition coefficient (Wildman–Crippen LogP) is 5.13. The molecular weight excluding hydrogens is 512 g/mol. The van der Waals surface area contributed by atoms with Crippen molar-refractivity contribution in [3.05, 3.63) is 102 Å². The Morgan fingerprint density at radius 1 is 0.750 bits per heavy atom. The summed E-state index contributed by atoms with van der Waals surface area (Å²) in [6, 6.07) is 27.2. The van der Waals surface area contributed by atoms with Crippen LogP contribution in [0.15, 0.2) is 96.1 Å². The summed E-state index contributed by atoms with van der Waals surface area (Å²) in [5, 5.41) is 3.97. The van der Waals surface area contributed by atoms with Gasteiger partial charge in [0, 0.05) is 5.56 Å². The maximum absolute atomic E-state index is 12.9. The van der Waals surface area contributed by atoms with Gasteiger partial charge in [0.25, 0.3) is 5.91 Å². The highest BCUT2D eigenvalue weighted by Crippen LogP contribution is 2.38. The second kappa shape index (κ2) is 13.5. The molecule has 0 aromatic heterocycles. The van der Waals surface area contributed by atoms with Crippen LogP contribution in [0.25, 0.3) is 11.1 Å². The zero-order chi connectivity index (χ0) is 28.3. The van der Waals surface area contributed by atoms with Crippen LogP contribution in [0.2, 0.25) is 0 Å². The van der Waals surface area contributed by atoms with Crippen LogP contribution in [0, 0.1) is 0 Å². The number of rotatable bonds is 11. The lowest BCUT2D eigenvalue weighted by molar-refractivity contribution is -0.123. The molecule has 1 amide bonds. The molecule has 0 saturated carbocycles. The van der Waals surface area contributed by atoms with Crippen molar-refractivity contribution < 1.29 is 33.3 Å². The van der Waals surface area contributed by atoms with E-state index in [-0.39, 0.29) is 17.9 Å². The first kappa shape index (κ1) is 27.7. The van der Waals surface area contributed by atoms with Crippen molar-refractivity contribution in [1.29, 1.82) is 0 Å². The smallest absolute Gasteiger partial charge is 0.343 e. The Labute approximate surface area is 231 Å². The zero-order valence-electron chi connectivity index (χ0n) is 22.2. The zero-order valence-corrected chi connectivity index (χ0v) is 22.2. The average Bonchev–Trinajstić information content (AvgIpc) is 3.00. The maximum Gasteiger partial charge on any atom is 0.343 e. The van der Waals surface area contributed by atoms with E-state index in [2.05, 4.69) is 10.5 Å². The van der Waals surface area contributed by atoms with E-state index in [0.717, 1.165) is 11.1 Å². The number of ether oxygens (including phenoxy) is 5. The van der Waals surface area contributed by atoms with Gasteiger partial charge >= 0.3 is 5.97 Å². The summed E-state index contributed by atoms with van der Waals surface area (Å²) in [6.45, 7) is -0.222. The van der Waals surface area contributed by atoms with Gasteiger partial charge in [-0.2, -0.15) is 5.10 Å². The highest BCUT2D eigenvalue weighted by Gasteiger charge is 2.19. The van der Waals surface area contributed by atoms with Gasteiger partial charge in [-0.25, -0.2) is 10.2 Å². The first-order valence-corrected chi connectivity index (χ1v) is 12.2. The topological polar surface area (TPSA) is 105 Å². The number of para-hydroxylation sites is 1. The number of hydrogen-bond donors (Lipinski definition) is 1. The van der Waals surface area contributed by atoms with E-state index in [0.29, 0.717) is 28.6 Å². The molecule has 0 aliphatic rings. The molecule has 9 nitrogen and oxygen atoms in total. The van der Waals surface area contributed by atoms with E-state index in [1.165, 1.54) is 39.7 Å². The summed E-state index contributed by atoms with van der Waals surface area (Å²) in [6.07, 6.45) is 1.38. The molecule has 0 saturated heterocycles. The van der Waals surface area contributed by atoms with Gasteiger partial charge in [0.05, 0.1) is 33.1 Å². The highest BCUT2D eigenvalue weighted by molar-refractivity contribution is 5.94. The Kier molecular flexibility index (Phi) is 9.34. The molecule has 40 heavy (non-hydrogen) atoms. The quantitative estimate of drug-likeness (QED) is 0.122. The minimum absolute atomic E-state index is 0.198. The lowest BCUT2D eigenvalue weighted by Crippen LogP contribution is -2.24. The Balaban J connectivity index is 1.35. The highest BCUT2D eigenvalue weighted by atomic mass is 16.5. The summed E-state index contributed by atoms with van der Waals surface area (Å²) in [4.78, 5) is 25.1. The summed E-state index contributed by atoms with van der Waals surface area (Å²) < 4.78 is 27.1. The van der Waals surface area contributed by atoms with E-state index in [9.17, 15) is 9.59 Å². The van der Waals surface area contributed by atoms with Gasteiger partial charge in [0.1, 0.15) is 11.5 Å². The van der Waals surface area contributed by atoms with Gasteiger partial charge in [0.2, 0.25) is 5.75 Å². The summed E-state index contributed by atoms with van der Waals surface area (Å²) in [7, 11) is 4.39. The van der Waals surface area contributed by atoms with E-state index < -0.39 is 11.9 Å². The average molecular weight is 541 g/mol. The molecule has 0 spiro atoms. The molecule has 204 valence electrons. The fourth-order valence-corrected chi connectivity index (χ4v) is 3.77. The van der Waals surface area contributed by atoms with E-state index in [1.54, 1.807) is 36.4 Å². The number of methoxy groups -OCH3 is 3. The van der Waals surface area contributed by atoms with Gasteiger partial charge in [-0.3, -0.25) is 4.79 Å². The molecule has 4 aromatic rings. The number of amides is 1. The van der Waals surface area contributed by atoms with Crippen LogP contribution in [0.1, 0.15) is 15.9 Å². The summed E-state index contributed by atoms with van der Waals surface area (Å²) in [5.41, 5.74) is 5.22. The summed E-state index contributed by atoms with van der Waals surface area (Å²) >= 11 is 0. The monoisotopic (exact) mass is 540 g/mol. The Bertz CT molecular complexity index is 1460. The molecule has 9 heteroatoms. The molecule has 0 aliphatic carbocycles. The molecule has 0 heterocycles. The lowest BCUT2D eigenvalue weighted by Gasteiger charge is -2.14. The third-order valence-corrected chi connectivity index (χ3v) is 5.75. The van der Waals surface area contributed by atoms with Crippen molar-refractivity contribution >= 4 is 18.1 Å². The standard InChI is InChI=1S/C31H28N2O7/c1-36-27-17-24(18-28(37-2)30(27)38-3)31(35)40-26-12-8-7-11-23(26)19-32-33-29(34)20-39-25-15-13-22(14-16-25)21-9-5-4-6-10-21/h4-19H,20H2,1-3H3,(H,33,34). The predicted molar refractivity (Wildman–Crippen MR) is 151 cm³/mol.